The Hall–Kier alpha value is -4.76. The second kappa shape index (κ2) is 16.1. The molecule has 0 bridgehead atoms. The molecule has 0 aliphatic rings. The van der Waals surface area contributed by atoms with Gasteiger partial charge in [0.25, 0.3) is 0 Å². The third-order valence-electron chi connectivity index (χ3n) is 10.8. The molecular weight excluding hydrogens is 619 g/mol. The highest BCUT2D eigenvalue weighted by Crippen LogP contribution is 2.42. The predicted octanol–water partition coefficient (Wildman–Crippen LogP) is 13.0. The van der Waals surface area contributed by atoms with Crippen LogP contribution in [0.1, 0.15) is 92.1 Å². The van der Waals surface area contributed by atoms with E-state index < -0.39 is 0 Å². The van der Waals surface area contributed by atoms with Gasteiger partial charge in [-0.1, -0.05) is 100 Å². The van der Waals surface area contributed by atoms with Crippen molar-refractivity contribution in [1.82, 2.24) is 14.8 Å². The predicted molar refractivity (Wildman–Crippen MR) is 218 cm³/mol. The minimum absolute atomic E-state index is 0.796. The highest BCUT2D eigenvalue weighted by atomic mass is 15.3. The lowest BCUT2D eigenvalue weighted by molar-refractivity contribution is 0.687. The summed E-state index contributed by atoms with van der Waals surface area (Å²) >= 11 is 0. The van der Waals surface area contributed by atoms with Gasteiger partial charge in [0.15, 0.2) is 5.82 Å². The molecule has 0 aliphatic heterocycles. The van der Waals surface area contributed by atoms with E-state index in [1.54, 1.807) is 0 Å². The van der Waals surface area contributed by atoms with Crippen LogP contribution in [0.5, 0.6) is 0 Å². The molecule has 1 heterocycles. The van der Waals surface area contributed by atoms with Gasteiger partial charge in [0.2, 0.25) is 0 Å². The lowest BCUT2D eigenvalue weighted by Gasteiger charge is -2.22. The van der Waals surface area contributed by atoms with Crippen molar-refractivity contribution in [2.75, 3.05) is 0 Å². The fraction of sp³-hybridized carbons (Fsp3) is 0.333. The fourth-order valence-electron chi connectivity index (χ4n) is 7.57. The molecule has 0 fully saturated rings. The van der Waals surface area contributed by atoms with Gasteiger partial charge in [0.05, 0.1) is 0 Å². The van der Waals surface area contributed by atoms with Crippen molar-refractivity contribution in [1.29, 1.82) is 0 Å². The van der Waals surface area contributed by atoms with Crippen LogP contribution in [0.4, 0.5) is 0 Å². The first-order chi connectivity index (χ1) is 24.7. The number of aryl methyl sites for hydroxylation is 4. The molecular formula is C48H55N3. The van der Waals surface area contributed by atoms with Gasteiger partial charge in [-0.2, -0.15) is 5.10 Å². The number of nitrogens with zero attached hydrogens (tertiary/aromatic N) is 3. The van der Waals surface area contributed by atoms with Gasteiger partial charge >= 0.3 is 0 Å². The van der Waals surface area contributed by atoms with Crippen molar-refractivity contribution < 1.29 is 0 Å². The Morgan fingerprint density at radius 1 is 0.471 bits per heavy atom. The van der Waals surface area contributed by atoms with Crippen molar-refractivity contribution in [3.05, 3.63) is 130 Å². The molecule has 0 atom stereocenters. The van der Waals surface area contributed by atoms with Crippen LogP contribution < -0.4 is 0 Å². The Kier molecular flexibility index (Phi) is 11.4. The first kappa shape index (κ1) is 36.0. The maximum atomic E-state index is 4.89. The quantitative estimate of drug-likeness (QED) is 0.122. The van der Waals surface area contributed by atoms with Gasteiger partial charge in [0.1, 0.15) is 5.82 Å². The monoisotopic (exact) mass is 673 g/mol. The van der Waals surface area contributed by atoms with Crippen LogP contribution in [0.2, 0.25) is 0 Å². The van der Waals surface area contributed by atoms with Crippen LogP contribution >= 0.6 is 0 Å². The Balaban J connectivity index is 1.46. The second-order valence-corrected chi connectivity index (χ2v) is 14.5. The van der Waals surface area contributed by atoms with E-state index in [2.05, 4.69) is 139 Å². The molecule has 0 N–H and O–H groups in total. The molecule has 5 aromatic carbocycles. The molecule has 0 unspecified atom stereocenters. The van der Waals surface area contributed by atoms with Crippen LogP contribution in [0.3, 0.4) is 0 Å². The molecule has 0 saturated heterocycles. The summed E-state index contributed by atoms with van der Waals surface area (Å²) in [5.74, 6) is 1.83. The van der Waals surface area contributed by atoms with Gasteiger partial charge in [-0.3, -0.25) is 4.68 Å². The number of hydrogen-bond acceptors (Lipinski definition) is 2. The second-order valence-electron chi connectivity index (χ2n) is 14.5. The number of rotatable bonds is 13. The Morgan fingerprint density at radius 2 is 0.922 bits per heavy atom. The zero-order valence-corrected chi connectivity index (χ0v) is 32.2. The zero-order valence-electron chi connectivity index (χ0n) is 32.2. The highest BCUT2D eigenvalue weighted by molar-refractivity contribution is 5.88. The van der Waals surface area contributed by atoms with E-state index in [1.165, 1.54) is 104 Å². The zero-order chi connectivity index (χ0) is 36.1. The average Bonchev–Trinajstić information content (AvgIpc) is 3.52. The summed E-state index contributed by atoms with van der Waals surface area (Å²) in [5, 5.41) is 4.78. The molecule has 0 saturated carbocycles. The summed E-state index contributed by atoms with van der Waals surface area (Å²) in [4.78, 5) is 4.89. The van der Waals surface area contributed by atoms with Gasteiger partial charge in [-0.25, -0.2) is 4.98 Å². The van der Waals surface area contributed by atoms with Gasteiger partial charge in [-0.05, 0) is 162 Å². The molecule has 6 rings (SSSR count). The number of hydrogen-bond donors (Lipinski definition) is 0. The lowest BCUT2D eigenvalue weighted by Crippen LogP contribution is -2.01. The number of aromatic nitrogens is 3. The normalized spacial score (nSPS) is 11.4. The van der Waals surface area contributed by atoms with Crippen LogP contribution in [0.25, 0.3) is 55.9 Å². The van der Waals surface area contributed by atoms with Gasteiger partial charge in [0, 0.05) is 19.0 Å². The molecule has 0 spiro atoms. The smallest absolute Gasteiger partial charge is 0.181 e. The van der Waals surface area contributed by atoms with Gasteiger partial charge in [-0.15, -0.1) is 0 Å². The molecule has 1 aromatic heterocycles. The summed E-state index contributed by atoms with van der Waals surface area (Å²) < 4.78 is 1.93. The van der Waals surface area contributed by atoms with E-state index in [-0.39, 0.29) is 0 Å². The average molecular weight is 674 g/mol. The van der Waals surface area contributed by atoms with Crippen molar-refractivity contribution in [3.63, 3.8) is 0 Å². The summed E-state index contributed by atoms with van der Waals surface area (Å²) in [5.41, 5.74) is 19.4. The van der Waals surface area contributed by atoms with E-state index in [1.807, 2.05) is 11.7 Å². The summed E-state index contributed by atoms with van der Waals surface area (Å²) in [6.07, 6.45) is 9.14. The van der Waals surface area contributed by atoms with E-state index in [0.29, 0.717) is 0 Å². The third kappa shape index (κ3) is 7.78. The van der Waals surface area contributed by atoms with E-state index in [4.69, 9.17) is 10.1 Å². The maximum Gasteiger partial charge on any atom is 0.181 e. The van der Waals surface area contributed by atoms with Crippen molar-refractivity contribution in [2.24, 2.45) is 7.05 Å². The van der Waals surface area contributed by atoms with Gasteiger partial charge < -0.3 is 0 Å². The van der Waals surface area contributed by atoms with Crippen LogP contribution in [0, 0.1) is 27.7 Å². The molecule has 0 aliphatic carbocycles. The summed E-state index contributed by atoms with van der Waals surface area (Å²) in [6.45, 7) is 15.9. The minimum Gasteiger partial charge on any atom is -0.253 e. The Morgan fingerprint density at radius 3 is 1.41 bits per heavy atom. The Labute approximate surface area is 306 Å². The van der Waals surface area contributed by atoms with Crippen LogP contribution in [-0.2, 0) is 26.3 Å². The minimum atomic E-state index is 0.796. The van der Waals surface area contributed by atoms with Crippen molar-refractivity contribution >= 4 is 0 Å². The maximum absolute atomic E-state index is 4.89. The molecule has 3 heteroatoms. The standard InChI is InChI=1S/C48H55N3/c1-9-12-16-36-20-24-38(25-21-36)42-29-43(39-26-22-37(23-27-39)17-13-10-2)31-44(30-42)47-34(6)32(4)46(33(5)35(47)7)40-18-14-19-41(28-40)48-49-45(15-11-3)51(8)50-48/h14,18-31H,9-13,15-17H2,1-8H3. The van der Waals surface area contributed by atoms with Crippen molar-refractivity contribution in [2.45, 2.75) is 99.8 Å². The molecule has 3 nitrogen and oxygen atoms in total. The number of unbranched alkanes of at least 4 members (excludes halogenated alkanes) is 2. The first-order valence-electron chi connectivity index (χ1n) is 19.2. The molecule has 0 radical (unpaired) electrons. The van der Waals surface area contributed by atoms with E-state index >= 15 is 0 Å². The molecule has 6 aromatic rings. The largest absolute Gasteiger partial charge is 0.253 e. The fourth-order valence-corrected chi connectivity index (χ4v) is 7.57. The topological polar surface area (TPSA) is 30.7 Å². The molecule has 51 heavy (non-hydrogen) atoms. The van der Waals surface area contributed by atoms with E-state index in [0.717, 1.165) is 42.9 Å². The first-order valence-corrected chi connectivity index (χ1v) is 19.2. The Bertz CT molecular complexity index is 2010. The molecule has 0 amide bonds. The van der Waals surface area contributed by atoms with Crippen molar-refractivity contribution in [3.8, 4) is 55.9 Å². The van der Waals surface area contributed by atoms with E-state index in [9.17, 15) is 0 Å². The SMILES string of the molecule is CCCCc1ccc(-c2cc(-c3ccc(CCCC)cc3)cc(-c3c(C)c(C)c(-c4cccc(-c5nc(CCC)n(C)n5)c4)c(C)c3C)c2)cc1. The third-order valence-corrected chi connectivity index (χ3v) is 10.8. The highest BCUT2D eigenvalue weighted by Gasteiger charge is 2.20. The van der Waals surface area contributed by atoms with Crippen LogP contribution in [-0.4, -0.2) is 14.8 Å². The molecule has 262 valence electrons. The lowest BCUT2D eigenvalue weighted by atomic mass is 9.82. The number of benzene rings is 5. The van der Waals surface area contributed by atoms with Crippen LogP contribution in [0.15, 0.2) is 91.0 Å². The summed E-state index contributed by atoms with van der Waals surface area (Å²) in [7, 11) is 2.00. The summed E-state index contributed by atoms with van der Waals surface area (Å²) in [6, 6.07) is 34.5.